The predicted molar refractivity (Wildman–Crippen MR) is 83.6 cm³/mol. The first-order valence-electron chi connectivity index (χ1n) is 6.20. The zero-order valence-electron chi connectivity index (χ0n) is 11.8. The number of halogens is 3. The number of aromatic nitrogens is 2. The van der Waals surface area contributed by atoms with Gasteiger partial charge in [0.2, 0.25) is 0 Å². The Morgan fingerprint density at radius 2 is 1.85 bits per heavy atom. The van der Waals surface area contributed by atoms with Crippen LogP contribution in [-0.4, -0.2) is 9.97 Å². The minimum atomic E-state index is -0.314. The maximum Gasteiger partial charge on any atom is 0.161 e. The van der Waals surface area contributed by atoms with Crippen LogP contribution in [0.5, 0.6) is 0 Å². The van der Waals surface area contributed by atoms with Crippen molar-refractivity contribution in [2.45, 2.75) is 33.1 Å². The predicted octanol–water partition coefficient (Wildman–Crippen LogP) is 5.30. The lowest BCUT2D eigenvalue weighted by Crippen LogP contribution is -2.16. The highest BCUT2D eigenvalue weighted by atomic mass is 79.9. The van der Waals surface area contributed by atoms with Crippen LogP contribution in [0.2, 0.25) is 5.15 Å². The normalized spacial score (nSPS) is 11.8. The van der Waals surface area contributed by atoms with Crippen LogP contribution in [0.3, 0.4) is 0 Å². The SMILES string of the molecule is Cc1ccc(F)cc1-c1nc(Cl)c(Br)c(C(C)(C)C)n1. The highest BCUT2D eigenvalue weighted by Gasteiger charge is 2.23. The third kappa shape index (κ3) is 3.01. The molecule has 0 saturated carbocycles. The molecule has 0 atom stereocenters. The van der Waals surface area contributed by atoms with Gasteiger partial charge in [-0.1, -0.05) is 38.4 Å². The summed E-state index contributed by atoms with van der Waals surface area (Å²) in [6.45, 7) is 8.01. The Morgan fingerprint density at radius 1 is 1.20 bits per heavy atom. The summed E-state index contributed by atoms with van der Waals surface area (Å²) >= 11 is 9.60. The molecule has 0 N–H and O–H groups in total. The van der Waals surface area contributed by atoms with Crippen molar-refractivity contribution in [2.75, 3.05) is 0 Å². The third-order valence-corrected chi connectivity index (χ3v) is 4.21. The molecular formula is C15H15BrClFN2. The molecular weight excluding hydrogens is 343 g/mol. The summed E-state index contributed by atoms with van der Waals surface area (Å²) in [5.41, 5.74) is 2.17. The minimum absolute atomic E-state index is 0.193. The second-order valence-electron chi connectivity index (χ2n) is 5.71. The zero-order valence-corrected chi connectivity index (χ0v) is 14.1. The molecule has 0 radical (unpaired) electrons. The molecule has 5 heteroatoms. The van der Waals surface area contributed by atoms with Gasteiger partial charge in [-0.2, -0.15) is 0 Å². The van der Waals surface area contributed by atoms with Gasteiger partial charge in [0.25, 0.3) is 0 Å². The molecule has 0 saturated heterocycles. The summed E-state index contributed by atoms with van der Waals surface area (Å²) in [6.07, 6.45) is 0. The average molecular weight is 358 g/mol. The van der Waals surface area contributed by atoms with Gasteiger partial charge in [0.15, 0.2) is 5.82 Å². The van der Waals surface area contributed by atoms with E-state index in [0.717, 1.165) is 11.3 Å². The molecule has 0 bridgehead atoms. The van der Waals surface area contributed by atoms with Crippen molar-refractivity contribution in [1.82, 2.24) is 9.97 Å². The van der Waals surface area contributed by atoms with E-state index in [-0.39, 0.29) is 11.2 Å². The van der Waals surface area contributed by atoms with E-state index in [1.807, 2.05) is 27.7 Å². The van der Waals surface area contributed by atoms with Crippen LogP contribution in [0.25, 0.3) is 11.4 Å². The molecule has 0 amide bonds. The minimum Gasteiger partial charge on any atom is -0.231 e. The van der Waals surface area contributed by atoms with Crippen LogP contribution in [0.4, 0.5) is 4.39 Å². The van der Waals surface area contributed by atoms with Crippen LogP contribution in [0.15, 0.2) is 22.7 Å². The van der Waals surface area contributed by atoms with Crippen molar-refractivity contribution in [3.05, 3.63) is 44.9 Å². The Morgan fingerprint density at radius 3 is 2.45 bits per heavy atom. The molecule has 1 aromatic heterocycles. The van der Waals surface area contributed by atoms with Gasteiger partial charge < -0.3 is 0 Å². The number of rotatable bonds is 1. The van der Waals surface area contributed by atoms with Crippen molar-refractivity contribution < 1.29 is 4.39 Å². The molecule has 106 valence electrons. The molecule has 1 aromatic carbocycles. The largest absolute Gasteiger partial charge is 0.231 e. The highest BCUT2D eigenvalue weighted by molar-refractivity contribution is 9.10. The Labute approximate surface area is 131 Å². The summed E-state index contributed by atoms with van der Waals surface area (Å²) in [5.74, 6) is 0.130. The molecule has 1 heterocycles. The Balaban J connectivity index is 2.70. The van der Waals surface area contributed by atoms with Crippen LogP contribution < -0.4 is 0 Å². The van der Waals surface area contributed by atoms with Gasteiger partial charge in [0.05, 0.1) is 10.2 Å². The second-order valence-corrected chi connectivity index (χ2v) is 6.86. The lowest BCUT2D eigenvalue weighted by Gasteiger charge is -2.21. The van der Waals surface area contributed by atoms with E-state index in [9.17, 15) is 4.39 Å². The maximum atomic E-state index is 13.4. The van der Waals surface area contributed by atoms with E-state index >= 15 is 0 Å². The molecule has 0 unspecified atom stereocenters. The number of benzene rings is 1. The molecule has 0 aliphatic heterocycles. The van der Waals surface area contributed by atoms with Gasteiger partial charge in [-0.3, -0.25) is 0 Å². The van der Waals surface area contributed by atoms with E-state index in [1.165, 1.54) is 12.1 Å². The van der Waals surface area contributed by atoms with Gasteiger partial charge >= 0.3 is 0 Å². The van der Waals surface area contributed by atoms with Crippen molar-refractivity contribution >= 4 is 27.5 Å². The summed E-state index contributed by atoms with van der Waals surface area (Å²) in [4.78, 5) is 8.83. The molecule has 0 fully saturated rings. The average Bonchev–Trinajstić information content (AvgIpc) is 2.34. The maximum absolute atomic E-state index is 13.4. The first-order valence-corrected chi connectivity index (χ1v) is 7.37. The van der Waals surface area contributed by atoms with Gasteiger partial charge in [0, 0.05) is 11.0 Å². The van der Waals surface area contributed by atoms with E-state index < -0.39 is 0 Å². The lowest BCUT2D eigenvalue weighted by molar-refractivity contribution is 0.564. The number of hydrogen-bond acceptors (Lipinski definition) is 2. The smallest absolute Gasteiger partial charge is 0.161 e. The quantitative estimate of drug-likeness (QED) is 0.647. The first-order chi connectivity index (χ1) is 9.20. The van der Waals surface area contributed by atoms with E-state index in [4.69, 9.17) is 11.6 Å². The Bertz CT molecular complexity index is 666. The Hall–Kier alpha value is -1.00. The third-order valence-electron chi connectivity index (χ3n) is 2.96. The molecule has 2 rings (SSSR count). The molecule has 0 spiro atoms. The summed E-state index contributed by atoms with van der Waals surface area (Å²) < 4.78 is 14.1. The fourth-order valence-electron chi connectivity index (χ4n) is 1.87. The van der Waals surface area contributed by atoms with Crippen LogP contribution in [0.1, 0.15) is 32.0 Å². The topological polar surface area (TPSA) is 25.8 Å². The van der Waals surface area contributed by atoms with Gasteiger partial charge in [-0.25, -0.2) is 14.4 Å². The standard InChI is InChI=1S/C15H15BrClFN2/c1-8-5-6-9(18)7-10(8)14-19-12(15(2,3)4)11(16)13(17)20-14/h5-7H,1-4H3. The molecule has 0 aliphatic carbocycles. The fourth-order valence-corrected chi connectivity index (χ4v) is 2.81. The van der Waals surface area contributed by atoms with E-state index in [0.29, 0.717) is 21.0 Å². The Kier molecular flexibility index (Phi) is 4.17. The van der Waals surface area contributed by atoms with E-state index in [2.05, 4.69) is 25.9 Å². The van der Waals surface area contributed by atoms with Crippen molar-refractivity contribution in [2.24, 2.45) is 0 Å². The number of hydrogen-bond donors (Lipinski definition) is 0. The second kappa shape index (κ2) is 5.41. The molecule has 2 aromatic rings. The number of nitrogens with zero attached hydrogens (tertiary/aromatic N) is 2. The number of aryl methyl sites for hydroxylation is 1. The summed E-state index contributed by atoms with van der Waals surface area (Å²) in [7, 11) is 0. The van der Waals surface area contributed by atoms with Gasteiger partial charge in [-0.15, -0.1) is 0 Å². The molecule has 2 nitrogen and oxygen atoms in total. The molecule has 0 aliphatic rings. The highest BCUT2D eigenvalue weighted by Crippen LogP contribution is 2.34. The van der Waals surface area contributed by atoms with Crippen LogP contribution in [0, 0.1) is 12.7 Å². The fraction of sp³-hybridized carbons (Fsp3) is 0.333. The van der Waals surface area contributed by atoms with Gasteiger partial charge in [-0.05, 0) is 40.5 Å². The van der Waals surface area contributed by atoms with Crippen LogP contribution >= 0.6 is 27.5 Å². The zero-order chi connectivity index (χ0) is 15.1. The van der Waals surface area contributed by atoms with Crippen molar-refractivity contribution in [1.29, 1.82) is 0 Å². The molecule has 20 heavy (non-hydrogen) atoms. The van der Waals surface area contributed by atoms with E-state index in [1.54, 1.807) is 6.07 Å². The van der Waals surface area contributed by atoms with Crippen molar-refractivity contribution in [3.63, 3.8) is 0 Å². The lowest BCUT2D eigenvalue weighted by atomic mass is 9.92. The summed E-state index contributed by atoms with van der Waals surface area (Å²) in [6, 6.07) is 4.56. The summed E-state index contributed by atoms with van der Waals surface area (Å²) in [5, 5.41) is 0.337. The van der Waals surface area contributed by atoms with Crippen LogP contribution in [-0.2, 0) is 5.41 Å². The van der Waals surface area contributed by atoms with Crippen molar-refractivity contribution in [3.8, 4) is 11.4 Å². The van der Waals surface area contributed by atoms with Gasteiger partial charge in [0.1, 0.15) is 11.0 Å². The first kappa shape index (κ1) is 15.4. The monoisotopic (exact) mass is 356 g/mol.